The minimum Gasteiger partial charge on any atom is -0.497 e. The van der Waals surface area contributed by atoms with Crippen LogP contribution in [0.5, 0.6) is 5.75 Å². The molecule has 1 fully saturated rings. The number of carbonyl (C=O) groups is 1. The summed E-state index contributed by atoms with van der Waals surface area (Å²) in [4.78, 5) is 14.1. The summed E-state index contributed by atoms with van der Waals surface area (Å²) in [5.41, 5.74) is 2.65. The predicted molar refractivity (Wildman–Crippen MR) is 103 cm³/mol. The van der Waals surface area contributed by atoms with E-state index >= 15 is 0 Å². The average Bonchev–Trinajstić information content (AvgIpc) is 2.60. The highest BCUT2D eigenvalue weighted by atomic mass is 16.5. The zero-order chi connectivity index (χ0) is 18.4. The molecule has 1 heterocycles. The molecule has 0 N–H and O–H groups in total. The number of carbonyl (C=O) groups excluding carboxylic acids is 1. The van der Waals surface area contributed by atoms with Crippen LogP contribution in [0.4, 0.5) is 5.69 Å². The molecule has 0 amide bonds. The van der Waals surface area contributed by atoms with Crippen molar-refractivity contribution in [1.82, 2.24) is 0 Å². The van der Waals surface area contributed by atoms with Crippen molar-refractivity contribution in [2.24, 2.45) is 11.3 Å². The van der Waals surface area contributed by atoms with E-state index in [0.29, 0.717) is 0 Å². The van der Waals surface area contributed by atoms with Crippen molar-refractivity contribution >= 4 is 17.7 Å². The molecule has 2 rings (SSSR count). The predicted octanol–water partition coefficient (Wildman–Crippen LogP) is 4.53. The Morgan fingerprint density at radius 1 is 1.24 bits per heavy atom. The molecule has 1 aromatic rings. The molecule has 4 nitrogen and oxygen atoms in total. The van der Waals surface area contributed by atoms with Gasteiger partial charge in [0.1, 0.15) is 5.75 Å². The van der Waals surface area contributed by atoms with Crippen LogP contribution in [-0.4, -0.2) is 33.3 Å². The topological polar surface area (TPSA) is 38.8 Å². The molecular formula is C21H31NO3. The Hall–Kier alpha value is -1.97. The second kappa shape index (κ2) is 8.41. The largest absolute Gasteiger partial charge is 0.497 e. The summed E-state index contributed by atoms with van der Waals surface area (Å²) in [6.07, 6.45) is 7.13. The first-order chi connectivity index (χ1) is 11.8. The van der Waals surface area contributed by atoms with E-state index in [-0.39, 0.29) is 17.3 Å². The Kier molecular flexibility index (Phi) is 6.51. The van der Waals surface area contributed by atoms with Crippen molar-refractivity contribution in [1.29, 1.82) is 0 Å². The first kappa shape index (κ1) is 19.4. The van der Waals surface area contributed by atoms with Gasteiger partial charge >= 0.3 is 5.97 Å². The molecule has 0 radical (unpaired) electrons. The maximum Gasteiger partial charge on any atom is 0.308 e. The van der Waals surface area contributed by atoms with Gasteiger partial charge in [-0.3, -0.25) is 4.79 Å². The van der Waals surface area contributed by atoms with Gasteiger partial charge in [-0.15, -0.1) is 0 Å². The lowest BCUT2D eigenvalue weighted by Crippen LogP contribution is -2.37. The zero-order valence-electron chi connectivity index (χ0n) is 16.2. The third kappa shape index (κ3) is 5.52. The summed E-state index contributed by atoms with van der Waals surface area (Å²) in [5.74, 6) is 0.792. The maximum absolute atomic E-state index is 11.7. The van der Waals surface area contributed by atoms with Crippen LogP contribution >= 0.6 is 0 Å². The molecule has 1 aromatic carbocycles. The third-order valence-electron chi connectivity index (χ3n) is 4.64. The van der Waals surface area contributed by atoms with Crippen LogP contribution < -0.4 is 9.64 Å². The lowest BCUT2D eigenvalue weighted by Gasteiger charge is -2.33. The van der Waals surface area contributed by atoms with Gasteiger partial charge in [0.05, 0.1) is 20.1 Å². The highest BCUT2D eigenvalue weighted by molar-refractivity contribution is 5.74. The first-order valence-corrected chi connectivity index (χ1v) is 9.01. The molecule has 0 atom stereocenters. The molecular weight excluding hydrogens is 314 g/mol. The van der Waals surface area contributed by atoms with Gasteiger partial charge in [-0.05, 0) is 42.4 Å². The third-order valence-corrected chi connectivity index (χ3v) is 4.64. The van der Waals surface area contributed by atoms with E-state index in [1.165, 1.54) is 18.4 Å². The number of methoxy groups -OCH3 is 2. The Balaban J connectivity index is 2.16. The van der Waals surface area contributed by atoms with E-state index in [1.54, 1.807) is 7.11 Å². The summed E-state index contributed by atoms with van der Waals surface area (Å²) in [6, 6.07) is 6.20. The minimum atomic E-state index is -0.0874. The SMILES string of the molecule is COC(=O)C1CCN(c2cc(OC)ccc2/C=C/CC(C)(C)C)CC1. The van der Waals surface area contributed by atoms with Crippen molar-refractivity contribution < 1.29 is 14.3 Å². The van der Waals surface area contributed by atoms with E-state index in [4.69, 9.17) is 9.47 Å². The van der Waals surface area contributed by atoms with Crippen LogP contribution in [0.3, 0.4) is 0 Å². The Bertz CT molecular complexity index is 608. The highest BCUT2D eigenvalue weighted by Gasteiger charge is 2.26. The summed E-state index contributed by atoms with van der Waals surface area (Å²) in [5, 5.41) is 0. The number of nitrogens with zero attached hydrogens (tertiary/aromatic N) is 1. The molecule has 0 bridgehead atoms. The molecule has 0 spiro atoms. The van der Waals surface area contributed by atoms with Gasteiger partial charge in [0.15, 0.2) is 0 Å². The van der Waals surface area contributed by atoms with Crippen molar-refractivity contribution in [3.8, 4) is 5.75 Å². The molecule has 0 aromatic heterocycles. The van der Waals surface area contributed by atoms with Crippen LogP contribution in [0.15, 0.2) is 24.3 Å². The number of ether oxygens (including phenoxy) is 2. The fraction of sp³-hybridized carbons (Fsp3) is 0.571. The lowest BCUT2D eigenvalue weighted by atomic mass is 9.91. The molecule has 4 heteroatoms. The molecule has 0 saturated carbocycles. The Morgan fingerprint density at radius 2 is 1.92 bits per heavy atom. The van der Waals surface area contributed by atoms with Crippen LogP contribution in [0.25, 0.3) is 6.08 Å². The molecule has 1 aliphatic rings. The van der Waals surface area contributed by atoms with Crippen LogP contribution in [0.1, 0.15) is 45.6 Å². The number of hydrogen-bond acceptors (Lipinski definition) is 4. The summed E-state index contributed by atoms with van der Waals surface area (Å²) >= 11 is 0. The lowest BCUT2D eigenvalue weighted by molar-refractivity contribution is -0.146. The van der Waals surface area contributed by atoms with E-state index in [1.807, 2.05) is 6.07 Å². The molecule has 0 unspecified atom stereocenters. The number of hydrogen-bond donors (Lipinski definition) is 0. The first-order valence-electron chi connectivity index (χ1n) is 9.01. The summed E-state index contributed by atoms with van der Waals surface area (Å²) in [7, 11) is 3.16. The van der Waals surface area contributed by atoms with Crippen LogP contribution in [-0.2, 0) is 9.53 Å². The number of rotatable bonds is 5. The number of piperidine rings is 1. The zero-order valence-corrected chi connectivity index (χ0v) is 16.2. The van der Waals surface area contributed by atoms with Gasteiger partial charge < -0.3 is 14.4 Å². The molecule has 1 saturated heterocycles. The second-order valence-corrected chi connectivity index (χ2v) is 7.88. The van der Waals surface area contributed by atoms with Gasteiger partial charge in [0.25, 0.3) is 0 Å². The second-order valence-electron chi connectivity index (χ2n) is 7.88. The molecule has 25 heavy (non-hydrogen) atoms. The summed E-state index contributed by atoms with van der Waals surface area (Å²) in [6.45, 7) is 8.43. The van der Waals surface area contributed by atoms with Gasteiger partial charge in [-0.25, -0.2) is 0 Å². The van der Waals surface area contributed by atoms with Gasteiger partial charge in [-0.1, -0.05) is 32.9 Å². The fourth-order valence-electron chi connectivity index (χ4n) is 3.13. The monoisotopic (exact) mass is 345 g/mol. The van der Waals surface area contributed by atoms with Crippen LogP contribution in [0.2, 0.25) is 0 Å². The van der Waals surface area contributed by atoms with E-state index in [9.17, 15) is 4.79 Å². The normalized spacial score (nSPS) is 16.3. The van der Waals surface area contributed by atoms with Crippen molar-refractivity contribution in [2.45, 2.75) is 40.0 Å². The van der Waals surface area contributed by atoms with E-state index in [2.05, 4.69) is 50.0 Å². The smallest absolute Gasteiger partial charge is 0.308 e. The average molecular weight is 345 g/mol. The van der Waals surface area contributed by atoms with Crippen molar-refractivity contribution in [2.75, 3.05) is 32.2 Å². The van der Waals surface area contributed by atoms with E-state index in [0.717, 1.165) is 38.1 Å². The number of allylic oxidation sites excluding steroid dienone is 1. The number of anilines is 1. The molecule has 138 valence electrons. The van der Waals surface area contributed by atoms with Gasteiger partial charge in [0, 0.05) is 24.8 Å². The quantitative estimate of drug-likeness (QED) is 0.735. The van der Waals surface area contributed by atoms with Gasteiger partial charge in [-0.2, -0.15) is 0 Å². The number of benzene rings is 1. The van der Waals surface area contributed by atoms with Crippen molar-refractivity contribution in [3.05, 3.63) is 29.8 Å². The standard InChI is InChI=1S/C21H31NO3/c1-21(2,3)12-6-7-16-8-9-18(24-4)15-19(16)22-13-10-17(11-14-22)20(23)25-5/h6-9,15,17H,10-14H2,1-5H3/b7-6+. The van der Waals surface area contributed by atoms with Gasteiger partial charge in [0.2, 0.25) is 0 Å². The molecule has 1 aliphatic heterocycles. The fourth-order valence-corrected chi connectivity index (χ4v) is 3.13. The minimum absolute atomic E-state index is 0.0201. The van der Waals surface area contributed by atoms with Crippen LogP contribution in [0, 0.1) is 11.3 Å². The highest BCUT2D eigenvalue weighted by Crippen LogP contribution is 2.31. The van der Waals surface area contributed by atoms with Crippen molar-refractivity contribution in [3.63, 3.8) is 0 Å². The summed E-state index contributed by atoms with van der Waals surface area (Å²) < 4.78 is 10.3. The van der Waals surface area contributed by atoms with E-state index < -0.39 is 0 Å². The maximum atomic E-state index is 11.7. The Morgan fingerprint density at radius 3 is 2.48 bits per heavy atom. The number of esters is 1. The Labute approximate surface area is 151 Å². The molecule has 0 aliphatic carbocycles.